The van der Waals surface area contributed by atoms with Crippen molar-refractivity contribution in [1.82, 2.24) is 0 Å². The third-order valence-corrected chi connectivity index (χ3v) is 0. The van der Waals surface area contributed by atoms with E-state index in [9.17, 15) is 0 Å². The molecule has 0 spiro atoms. The molecule has 0 aliphatic carbocycles. The van der Waals surface area contributed by atoms with Gasteiger partial charge >= 0.3 is 86.8 Å². The van der Waals surface area contributed by atoms with Gasteiger partial charge in [0.1, 0.15) is 0 Å². The van der Waals surface area contributed by atoms with Gasteiger partial charge < -0.3 is 2.85 Å². The van der Waals surface area contributed by atoms with Gasteiger partial charge in [0.05, 0.1) is 0 Å². The maximum absolute atomic E-state index is 8.74. The molecular formula is H4BaO5SZr. The van der Waals surface area contributed by atoms with Gasteiger partial charge in [-0.2, -0.15) is 8.42 Å². The molecule has 2 N–H and O–H groups in total. The molecule has 46 valence electrons. The van der Waals surface area contributed by atoms with Gasteiger partial charge in [-0.15, -0.1) is 0 Å². The van der Waals surface area contributed by atoms with Gasteiger partial charge in [-0.25, -0.2) is 0 Å². The van der Waals surface area contributed by atoms with Crippen molar-refractivity contribution in [2.45, 2.75) is 0 Å². The Kier molecular flexibility index (Phi) is 18.9. The monoisotopic (exact) mass is 344 g/mol. The van der Waals surface area contributed by atoms with Gasteiger partial charge in [0.25, 0.3) is 0 Å². The second kappa shape index (κ2) is 9.12. The van der Waals surface area contributed by atoms with E-state index in [1.54, 1.807) is 0 Å². The molecule has 0 saturated carbocycles. The van der Waals surface area contributed by atoms with E-state index in [2.05, 4.69) is 0 Å². The first-order chi connectivity index (χ1) is 3.00. The van der Waals surface area contributed by atoms with Crippen LogP contribution in [0.15, 0.2) is 0 Å². The molecule has 0 unspecified atom stereocenters. The minimum atomic E-state index is -4.67. The minimum absolute atomic E-state index is 0. The fourth-order valence-corrected chi connectivity index (χ4v) is 0. The maximum atomic E-state index is 8.74. The summed E-state index contributed by atoms with van der Waals surface area (Å²) in [6.45, 7) is 0. The first-order valence-corrected chi connectivity index (χ1v) is 3.30. The van der Waals surface area contributed by atoms with Gasteiger partial charge in [-0.3, -0.25) is 9.11 Å². The molecular weight excluding hydrogens is 341 g/mol. The molecule has 0 radical (unpaired) electrons. The quantitative estimate of drug-likeness (QED) is 0.438. The SMILES string of the molecule is O=S(=O)(O)O.[Ba+2].[H-].[H-].[O]=[Zr]. The van der Waals surface area contributed by atoms with E-state index in [0.29, 0.717) is 24.7 Å². The van der Waals surface area contributed by atoms with E-state index < -0.39 is 10.4 Å². The van der Waals surface area contributed by atoms with E-state index >= 15 is 0 Å². The van der Waals surface area contributed by atoms with Crippen molar-refractivity contribution < 1.29 is 47.9 Å². The molecule has 0 aromatic rings. The summed E-state index contributed by atoms with van der Waals surface area (Å²) < 4.78 is 39.9. The molecule has 0 aliphatic heterocycles. The number of hydrogen-bond donors (Lipinski definition) is 2. The second-order valence-electron chi connectivity index (χ2n) is 0.448. The zero-order valence-corrected chi connectivity index (χ0v) is 11.4. The molecule has 0 saturated heterocycles. The third-order valence-electron chi connectivity index (χ3n) is 0. The molecule has 0 atom stereocenters. The van der Waals surface area contributed by atoms with Crippen molar-refractivity contribution in [3.8, 4) is 0 Å². The Morgan fingerprint density at radius 1 is 1.25 bits per heavy atom. The van der Waals surface area contributed by atoms with Crippen LogP contribution in [-0.4, -0.2) is 66.4 Å². The summed E-state index contributed by atoms with van der Waals surface area (Å²) in [5.41, 5.74) is 0. The molecule has 0 heterocycles. The van der Waals surface area contributed by atoms with E-state index in [4.69, 9.17) is 20.3 Å². The van der Waals surface area contributed by atoms with Crippen molar-refractivity contribution in [3.63, 3.8) is 0 Å². The fraction of sp³-hybridized carbons (Fsp3) is 0. The summed E-state index contributed by atoms with van der Waals surface area (Å²) in [6, 6.07) is 0. The first kappa shape index (κ1) is 16.6. The molecule has 0 aromatic heterocycles. The van der Waals surface area contributed by atoms with Crippen LogP contribution in [0.4, 0.5) is 0 Å². The molecule has 0 bridgehead atoms. The summed E-state index contributed by atoms with van der Waals surface area (Å²) in [7, 11) is -4.67. The van der Waals surface area contributed by atoms with E-state index in [1.165, 1.54) is 0 Å². The molecule has 8 heteroatoms. The van der Waals surface area contributed by atoms with Crippen molar-refractivity contribution in [1.29, 1.82) is 0 Å². The average molecular weight is 345 g/mol. The Morgan fingerprint density at radius 3 is 1.25 bits per heavy atom. The zero-order valence-electron chi connectivity index (χ0n) is 5.73. The van der Waals surface area contributed by atoms with Crippen molar-refractivity contribution in [2.75, 3.05) is 0 Å². The first-order valence-electron chi connectivity index (χ1n) is 0.903. The summed E-state index contributed by atoms with van der Waals surface area (Å²) in [4.78, 5) is 0. The van der Waals surface area contributed by atoms with Crippen LogP contribution in [0, 0.1) is 0 Å². The average Bonchev–Trinajstić information content (AvgIpc) is 1.36. The van der Waals surface area contributed by atoms with E-state index in [-0.39, 0.29) is 51.7 Å². The van der Waals surface area contributed by atoms with Crippen LogP contribution < -0.4 is 0 Å². The van der Waals surface area contributed by atoms with Crippen LogP contribution >= 0.6 is 0 Å². The van der Waals surface area contributed by atoms with E-state index in [1.807, 2.05) is 0 Å². The molecule has 5 nitrogen and oxygen atoms in total. The molecule has 8 heavy (non-hydrogen) atoms. The molecule has 0 aromatic carbocycles. The second-order valence-corrected chi connectivity index (χ2v) is 1.34. The number of rotatable bonds is 0. The molecule has 0 fully saturated rings. The van der Waals surface area contributed by atoms with Crippen LogP contribution in [0.25, 0.3) is 0 Å². The summed E-state index contributed by atoms with van der Waals surface area (Å²) >= 11 is 0.300. The van der Waals surface area contributed by atoms with Crippen molar-refractivity contribution >= 4 is 59.3 Å². The van der Waals surface area contributed by atoms with Crippen LogP contribution in [0.3, 0.4) is 0 Å². The summed E-state index contributed by atoms with van der Waals surface area (Å²) in [5, 5.41) is 0. The Hall–Kier alpha value is 2.12. The van der Waals surface area contributed by atoms with Gasteiger partial charge in [-0.1, -0.05) is 0 Å². The topological polar surface area (TPSA) is 91.7 Å². The fourth-order valence-electron chi connectivity index (χ4n) is 0. The zero-order chi connectivity index (χ0) is 6.50. The van der Waals surface area contributed by atoms with Crippen molar-refractivity contribution in [3.05, 3.63) is 0 Å². The summed E-state index contributed by atoms with van der Waals surface area (Å²) in [5.74, 6) is 0. The predicted molar refractivity (Wildman–Crippen MR) is 22.8 cm³/mol. The Morgan fingerprint density at radius 2 is 1.25 bits per heavy atom. The van der Waals surface area contributed by atoms with Crippen molar-refractivity contribution in [2.24, 2.45) is 0 Å². The van der Waals surface area contributed by atoms with Crippen LogP contribution in [-0.2, 0) is 37.9 Å². The molecule has 0 amide bonds. The van der Waals surface area contributed by atoms with Gasteiger partial charge in [0.2, 0.25) is 0 Å². The van der Waals surface area contributed by atoms with Gasteiger partial charge in [0, 0.05) is 0 Å². The van der Waals surface area contributed by atoms with Crippen LogP contribution in [0.1, 0.15) is 2.85 Å². The normalized spacial score (nSPS) is 7.62. The standard InChI is InChI=1S/Ba.H2O4S.O.Zr.2H/c;1-5(2,3)4;;;;/h;(H2,1,2,3,4);;;;/q+2;;;;2*-1. The Labute approximate surface area is 105 Å². The molecule has 0 aliphatic rings. The number of hydrogen-bond acceptors (Lipinski definition) is 3. The van der Waals surface area contributed by atoms with E-state index in [0.717, 1.165) is 0 Å². The third kappa shape index (κ3) is 91.4. The molecule has 0 rings (SSSR count). The Balaban J connectivity index is -0.0000000154. The summed E-state index contributed by atoms with van der Waals surface area (Å²) in [6.07, 6.45) is 0. The predicted octanol–water partition coefficient (Wildman–Crippen LogP) is -0.930. The van der Waals surface area contributed by atoms with Crippen LogP contribution in [0.5, 0.6) is 0 Å². The van der Waals surface area contributed by atoms with Crippen LogP contribution in [0.2, 0.25) is 0 Å². The Bertz CT molecular complexity index is 114. The van der Waals surface area contributed by atoms with Gasteiger partial charge in [-0.05, 0) is 0 Å². The van der Waals surface area contributed by atoms with Gasteiger partial charge in [0.15, 0.2) is 0 Å².